The number of aliphatic hydroxyl groups is 1. The Hall–Kier alpha value is -0.420. The van der Waals surface area contributed by atoms with E-state index in [1.165, 1.54) is 12.3 Å². The normalized spacial score (nSPS) is 13.7. The summed E-state index contributed by atoms with van der Waals surface area (Å²) in [6.45, 7) is 1.76. The van der Waals surface area contributed by atoms with Crippen molar-refractivity contribution in [2.24, 2.45) is 0 Å². The molecule has 1 heterocycles. The van der Waals surface area contributed by atoms with Gasteiger partial charge in [0.1, 0.15) is 0 Å². The summed E-state index contributed by atoms with van der Waals surface area (Å²) < 4.78 is 2.91. The van der Waals surface area contributed by atoms with Crippen molar-refractivity contribution >= 4 is 40.7 Å². The van der Waals surface area contributed by atoms with Gasteiger partial charge in [-0.25, -0.2) is 0 Å². The first-order valence-electron chi connectivity index (χ1n) is 3.91. The molecule has 0 saturated carbocycles. The molecule has 0 fully saturated rings. The number of nitrogens with one attached hydrogen (secondary N) is 1. The molecular formula is C8H8Cl3NO3. The molecule has 1 aromatic heterocycles. The molecule has 0 bridgehead atoms. The van der Waals surface area contributed by atoms with Crippen LogP contribution in [0.2, 0.25) is 0 Å². The number of hydrogen-bond donors (Lipinski definition) is 2. The largest absolute Gasteiger partial charge is 0.459 e. The van der Waals surface area contributed by atoms with Crippen molar-refractivity contribution in [2.45, 2.75) is 16.9 Å². The van der Waals surface area contributed by atoms with E-state index in [4.69, 9.17) is 39.2 Å². The smallest absolute Gasteiger partial charge is 0.289 e. The fraction of sp³-hybridized carbons (Fsp3) is 0.375. The maximum Gasteiger partial charge on any atom is 0.289 e. The standard InChI is InChI=1S/C8H8Cl3NO3/c1-4-2-5(15-3-4)6(13)12-7(14)8(9,10)11/h2-3,7,14H,1H3,(H,12,13). The van der Waals surface area contributed by atoms with E-state index in [1.807, 2.05) is 0 Å². The molecule has 1 atom stereocenters. The van der Waals surface area contributed by atoms with Crippen molar-refractivity contribution in [3.05, 3.63) is 23.7 Å². The zero-order valence-corrected chi connectivity index (χ0v) is 9.90. The van der Waals surface area contributed by atoms with Crippen LogP contribution in [0.5, 0.6) is 0 Å². The summed E-state index contributed by atoms with van der Waals surface area (Å²) in [6, 6.07) is 1.50. The first kappa shape index (κ1) is 12.6. The van der Waals surface area contributed by atoms with Crippen molar-refractivity contribution in [2.75, 3.05) is 0 Å². The Balaban J connectivity index is 2.64. The fourth-order valence-electron chi connectivity index (χ4n) is 0.827. The molecule has 7 heteroatoms. The lowest BCUT2D eigenvalue weighted by Gasteiger charge is -2.19. The quantitative estimate of drug-likeness (QED) is 0.639. The molecule has 1 unspecified atom stereocenters. The summed E-state index contributed by atoms with van der Waals surface area (Å²) in [5.41, 5.74) is 0.781. The lowest BCUT2D eigenvalue weighted by molar-refractivity contribution is 0.0764. The number of halogens is 3. The Morgan fingerprint density at radius 2 is 2.20 bits per heavy atom. The van der Waals surface area contributed by atoms with Crippen LogP contribution in [0.25, 0.3) is 0 Å². The van der Waals surface area contributed by atoms with Crippen LogP contribution in [-0.2, 0) is 0 Å². The van der Waals surface area contributed by atoms with E-state index < -0.39 is 15.9 Å². The maximum absolute atomic E-state index is 11.4. The highest BCUT2D eigenvalue weighted by molar-refractivity contribution is 6.68. The summed E-state index contributed by atoms with van der Waals surface area (Å²) in [5, 5.41) is 11.3. The molecule has 84 valence electrons. The topological polar surface area (TPSA) is 62.5 Å². The van der Waals surface area contributed by atoms with E-state index in [2.05, 4.69) is 5.32 Å². The van der Waals surface area contributed by atoms with Gasteiger partial charge in [-0.1, -0.05) is 34.8 Å². The molecule has 0 aromatic carbocycles. The van der Waals surface area contributed by atoms with Crippen LogP contribution in [0.1, 0.15) is 16.1 Å². The lowest BCUT2D eigenvalue weighted by Crippen LogP contribution is -2.43. The Morgan fingerprint density at radius 1 is 1.60 bits per heavy atom. The van der Waals surface area contributed by atoms with Crippen molar-refractivity contribution in [1.82, 2.24) is 5.32 Å². The van der Waals surface area contributed by atoms with Gasteiger partial charge in [0, 0.05) is 0 Å². The van der Waals surface area contributed by atoms with Gasteiger partial charge >= 0.3 is 0 Å². The van der Waals surface area contributed by atoms with E-state index in [-0.39, 0.29) is 5.76 Å². The first-order chi connectivity index (χ1) is 6.80. The molecule has 0 spiro atoms. The van der Waals surface area contributed by atoms with Crippen molar-refractivity contribution in [1.29, 1.82) is 0 Å². The van der Waals surface area contributed by atoms with Crippen LogP contribution in [-0.4, -0.2) is 21.0 Å². The van der Waals surface area contributed by atoms with Crippen molar-refractivity contribution in [3.8, 4) is 0 Å². The summed E-state index contributed by atoms with van der Waals surface area (Å²) in [4.78, 5) is 11.4. The van der Waals surface area contributed by atoms with E-state index in [1.54, 1.807) is 6.92 Å². The SMILES string of the molecule is Cc1coc(C(=O)NC(O)C(Cl)(Cl)Cl)c1. The minimum absolute atomic E-state index is 0.0424. The minimum Gasteiger partial charge on any atom is -0.459 e. The van der Waals surface area contributed by atoms with Gasteiger partial charge in [0.05, 0.1) is 6.26 Å². The zero-order valence-electron chi connectivity index (χ0n) is 7.63. The van der Waals surface area contributed by atoms with Crippen LogP contribution in [0.3, 0.4) is 0 Å². The molecule has 15 heavy (non-hydrogen) atoms. The maximum atomic E-state index is 11.4. The van der Waals surface area contributed by atoms with Gasteiger partial charge < -0.3 is 14.8 Å². The van der Waals surface area contributed by atoms with Crippen LogP contribution >= 0.6 is 34.8 Å². The molecule has 0 aliphatic carbocycles. The summed E-state index contributed by atoms with van der Waals surface area (Å²) in [7, 11) is 0. The van der Waals surface area contributed by atoms with Crippen LogP contribution in [0.4, 0.5) is 0 Å². The fourth-order valence-corrected chi connectivity index (χ4v) is 0.991. The van der Waals surface area contributed by atoms with Gasteiger partial charge in [-0.3, -0.25) is 4.79 Å². The number of carbonyl (C=O) groups excluding carboxylic acids is 1. The second-order valence-corrected chi connectivity index (χ2v) is 5.27. The molecule has 1 rings (SSSR count). The predicted octanol–water partition coefficient (Wildman–Crippen LogP) is 2.01. The molecular weight excluding hydrogens is 264 g/mol. The third-order valence-electron chi connectivity index (χ3n) is 1.53. The summed E-state index contributed by atoms with van der Waals surface area (Å²) in [6.07, 6.45) is -0.197. The number of alkyl halides is 3. The predicted molar refractivity (Wildman–Crippen MR) is 57.2 cm³/mol. The Bertz CT molecular complexity index is 358. The summed E-state index contributed by atoms with van der Waals surface area (Å²) in [5.74, 6) is -0.609. The number of aliphatic hydroxyl groups excluding tert-OH is 1. The Kier molecular flexibility index (Phi) is 3.89. The van der Waals surface area contributed by atoms with Gasteiger partial charge in [0.2, 0.25) is 3.79 Å². The van der Waals surface area contributed by atoms with E-state index in [0.717, 1.165) is 5.56 Å². The second kappa shape index (κ2) is 4.61. The highest BCUT2D eigenvalue weighted by Crippen LogP contribution is 2.29. The minimum atomic E-state index is -1.97. The van der Waals surface area contributed by atoms with E-state index in [0.29, 0.717) is 0 Å². The first-order valence-corrected chi connectivity index (χ1v) is 5.05. The van der Waals surface area contributed by atoms with Gasteiger partial charge in [-0.05, 0) is 18.6 Å². The highest BCUT2D eigenvalue weighted by Gasteiger charge is 2.32. The number of carbonyl (C=O) groups is 1. The van der Waals surface area contributed by atoms with E-state index >= 15 is 0 Å². The third kappa shape index (κ3) is 3.57. The molecule has 4 nitrogen and oxygen atoms in total. The van der Waals surface area contributed by atoms with E-state index in [9.17, 15) is 9.90 Å². The van der Waals surface area contributed by atoms with Gasteiger partial charge in [0.25, 0.3) is 5.91 Å². The lowest BCUT2D eigenvalue weighted by atomic mass is 10.3. The molecule has 1 aromatic rings. The highest BCUT2D eigenvalue weighted by atomic mass is 35.6. The van der Waals surface area contributed by atoms with Crippen LogP contribution in [0.15, 0.2) is 16.7 Å². The number of furan rings is 1. The Morgan fingerprint density at radius 3 is 2.60 bits per heavy atom. The van der Waals surface area contributed by atoms with Crippen LogP contribution in [0, 0.1) is 6.92 Å². The molecule has 0 aliphatic rings. The molecule has 1 amide bonds. The van der Waals surface area contributed by atoms with Crippen molar-refractivity contribution in [3.63, 3.8) is 0 Å². The molecule has 0 aliphatic heterocycles. The van der Waals surface area contributed by atoms with Gasteiger partial charge in [0.15, 0.2) is 12.0 Å². The number of aryl methyl sites for hydroxylation is 1. The molecule has 2 N–H and O–H groups in total. The second-order valence-electron chi connectivity index (χ2n) is 2.91. The molecule has 0 saturated heterocycles. The van der Waals surface area contributed by atoms with Gasteiger partial charge in [-0.2, -0.15) is 0 Å². The average Bonchev–Trinajstić information content (AvgIpc) is 2.50. The number of amides is 1. The molecule has 0 radical (unpaired) electrons. The third-order valence-corrected chi connectivity index (χ3v) is 2.15. The van der Waals surface area contributed by atoms with Crippen LogP contribution < -0.4 is 5.32 Å². The Labute approximate surface area is 101 Å². The average molecular weight is 273 g/mol. The zero-order chi connectivity index (χ0) is 11.6. The monoisotopic (exact) mass is 271 g/mol. The summed E-state index contributed by atoms with van der Waals surface area (Å²) >= 11 is 16.1. The number of hydrogen-bond acceptors (Lipinski definition) is 3. The van der Waals surface area contributed by atoms with Gasteiger partial charge in [-0.15, -0.1) is 0 Å². The number of rotatable bonds is 2. The van der Waals surface area contributed by atoms with Crippen molar-refractivity contribution < 1.29 is 14.3 Å².